The second-order valence-electron chi connectivity index (χ2n) is 3.67. The highest BCUT2D eigenvalue weighted by molar-refractivity contribution is 7.87. The highest BCUT2D eigenvalue weighted by atomic mass is 32.1. The van der Waals surface area contributed by atoms with Crippen molar-refractivity contribution in [3.8, 4) is 0 Å². The van der Waals surface area contributed by atoms with E-state index in [0.29, 0.717) is 0 Å². The van der Waals surface area contributed by atoms with Gasteiger partial charge in [0.1, 0.15) is 0 Å². The van der Waals surface area contributed by atoms with E-state index in [4.69, 9.17) is 9.47 Å². The standard InChI is InChI=1S/C11H16O4S3/c1-6(2)9(12)14-11(18,8(17)5-16)15-10(13)7(3)4/h8,16-18H,1,3,5H2,2,4H3. The molecule has 0 aromatic carbocycles. The molecule has 0 saturated carbocycles. The minimum Gasteiger partial charge on any atom is -0.408 e. The SMILES string of the molecule is C=C(C)C(=O)OC(S)(OC(=O)C(=C)C)C(S)CS. The molecule has 0 N–H and O–H groups in total. The van der Waals surface area contributed by atoms with Gasteiger partial charge in [-0.3, -0.25) is 0 Å². The number of thiol groups is 3. The van der Waals surface area contributed by atoms with Crippen molar-refractivity contribution in [2.45, 2.75) is 24.2 Å². The Kier molecular flexibility index (Phi) is 6.94. The van der Waals surface area contributed by atoms with Gasteiger partial charge in [-0.25, -0.2) is 9.59 Å². The van der Waals surface area contributed by atoms with Crippen molar-refractivity contribution < 1.29 is 19.1 Å². The minimum absolute atomic E-state index is 0.152. The molecule has 18 heavy (non-hydrogen) atoms. The molecule has 4 nitrogen and oxygen atoms in total. The van der Waals surface area contributed by atoms with Crippen LogP contribution in [0.5, 0.6) is 0 Å². The van der Waals surface area contributed by atoms with Crippen LogP contribution in [0.4, 0.5) is 0 Å². The van der Waals surface area contributed by atoms with E-state index >= 15 is 0 Å². The first-order chi connectivity index (χ1) is 8.14. The first kappa shape index (κ1) is 17.5. The molecule has 0 aliphatic carbocycles. The summed E-state index contributed by atoms with van der Waals surface area (Å²) >= 11 is 12.2. The summed E-state index contributed by atoms with van der Waals surface area (Å²) in [6, 6.07) is 0. The molecule has 1 atom stereocenters. The fourth-order valence-corrected chi connectivity index (χ4v) is 1.46. The van der Waals surface area contributed by atoms with E-state index in [2.05, 4.69) is 51.0 Å². The van der Waals surface area contributed by atoms with Crippen LogP contribution >= 0.6 is 37.9 Å². The fourth-order valence-electron chi connectivity index (χ4n) is 0.712. The van der Waals surface area contributed by atoms with Crippen molar-refractivity contribution in [2.24, 2.45) is 0 Å². The number of carbonyl (C=O) groups excluding carboxylic acids is 2. The van der Waals surface area contributed by atoms with Gasteiger partial charge in [-0.05, 0) is 13.8 Å². The number of hydrogen-bond acceptors (Lipinski definition) is 7. The van der Waals surface area contributed by atoms with Crippen LogP contribution < -0.4 is 0 Å². The van der Waals surface area contributed by atoms with E-state index in [1.807, 2.05) is 0 Å². The van der Waals surface area contributed by atoms with Gasteiger partial charge in [0.25, 0.3) is 0 Å². The van der Waals surface area contributed by atoms with E-state index in [1.54, 1.807) is 0 Å². The normalized spacial score (nSPS) is 12.5. The molecule has 7 heteroatoms. The molecule has 0 spiro atoms. The number of ether oxygens (including phenoxy) is 2. The first-order valence-electron chi connectivity index (χ1n) is 4.93. The van der Waals surface area contributed by atoms with E-state index in [9.17, 15) is 9.59 Å². The van der Waals surface area contributed by atoms with Crippen molar-refractivity contribution in [2.75, 3.05) is 5.75 Å². The van der Waals surface area contributed by atoms with Crippen molar-refractivity contribution in [3.05, 3.63) is 24.3 Å². The van der Waals surface area contributed by atoms with Crippen LogP contribution in [0, 0.1) is 0 Å². The third kappa shape index (κ3) is 4.99. The predicted octanol–water partition coefficient (Wildman–Crippen LogP) is 2.04. The van der Waals surface area contributed by atoms with Crippen LogP contribution in [0.15, 0.2) is 24.3 Å². The van der Waals surface area contributed by atoms with Gasteiger partial charge in [0, 0.05) is 16.9 Å². The number of hydrogen-bond donors (Lipinski definition) is 3. The average Bonchev–Trinajstić information content (AvgIpc) is 2.27. The van der Waals surface area contributed by atoms with Gasteiger partial charge in [0.2, 0.25) is 0 Å². The lowest BCUT2D eigenvalue weighted by atomic mass is 10.3. The van der Waals surface area contributed by atoms with Gasteiger partial charge in [-0.1, -0.05) is 25.8 Å². The molecule has 0 saturated heterocycles. The molecule has 1 unspecified atom stereocenters. The van der Waals surface area contributed by atoms with Gasteiger partial charge in [-0.15, -0.1) is 0 Å². The Hall–Kier alpha value is -0.530. The molecule has 0 heterocycles. The summed E-state index contributed by atoms with van der Waals surface area (Å²) in [4.78, 5) is 23.0. The van der Waals surface area contributed by atoms with E-state index in [-0.39, 0.29) is 16.9 Å². The lowest BCUT2D eigenvalue weighted by molar-refractivity contribution is -0.190. The van der Waals surface area contributed by atoms with Crippen molar-refractivity contribution in [1.29, 1.82) is 0 Å². The molecule has 0 fully saturated rings. The molecular formula is C11H16O4S3. The second-order valence-corrected chi connectivity index (χ2v) is 5.28. The van der Waals surface area contributed by atoms with Crippen LogP contribution in [0.3, 0.4) is 0 Å². The Balaban J connectivity index is 5.06. The Bertz CT molecular complexity index is 350. The zero-order valence-electron chi connectivity index (χ0n) is 10.2. The van der Waals surface area contributed by atoms with Gasteiger partial charge in [-0.2, -0.15) is 25.3 Å². The van der Waals surface area contributed by atoms with Gasteiger partial charge in [0.15, 0.2) is 0 Å². The molecule has 0 radical (unpaired) electrons. The third-order valence-electron chi connectivity index (χ3n) is 1.77. The number of carbonyl (C=O) groups is 2. The molecule has 0 rings (SSSR count). The van der Waals surface area contributed by atoms with Crippen molar-refractivity contribution in [1.82, 2.24) is 0 Å². The van der Waals surface area contributed by atoms with Crippen LogP contribution in [0.2, 0.25) is 0 Å². The van der Waals surface area contributed by atoms with Gasteiger partial charge < -0.3 is 9.47 Å². The molecule has 0 aliphatic heterocycles. The maximum atomic E-state index is 11.5. The van der Waals surface area contributed by atoms with Crippen molar-refractivity contribution >= 4 is 49.8 Å². The molecule has 0 aromatic rings. The van der Waals surface area contributed by atoms with Crippen LogP contribution in [0.1, 0.15) is 13.8 Å². The Morgan fingerprint density at radius 2 is 1.50 bits per heavy atom. The molecule has 0 amide bonds. The maximum absolute atomic E-state index is 11.5. The molecule has 0 bridgehead atoms. The van der Waals surface area contributed by atoms with Crippen molar-refractivity contribution in [3.63, 3.8) is 0 Å². The zero-order chi connectivity index (χ0) is 14.5. The summed E-state index contributed by atoms with van der Waals surface area (Å²) in [5, 5.41) is -2.53. The first-order valence-corrected chi connectivity index (χ1v) is 6.52. The molecule has 102 valence electrons. The van der Waals surface area contributed by atoms with Gasteiger partial charge in [0.05, 0.1) is 5.25 Å². The Morgan fingerprint density at radius 3 is 1.72 bits per heavy atom. The molecular weight excluding hydrogens is 292 g/mol. The fraction of sp³-hybridized carbons (Fsp3) is 0.455. The zero-order valence-corrected chi connectivity index (χ0v) is 12.9. The summed E-state index contributed by atoms with van der Waals surface area (Å²) in [5.74, 6) is -1.29. The van der Waals surface area contributed by atoms with Crippen LogP contribution in [0.25, 0.3) is 0 Å². The smallest absolute Gasteiger partial charge is 0.337 e. The van der Waals surface area contributed by atoms with Crippen LogP contribution in [-0.4, -0.2) is 28.1 Å². The van der Waals surface area contributed by atoms with E-state index in [1.165, 1.54) is 13.8 Å². The second kappa shape index (κ2) is 7.16. The predicted molar refractivity (Wildman–Crippen MR) is 80.2 cm³/mol. The average molecular weight is 308 g/mol. The Morgan fingerprint density at radius 1 is 1.17 bits per heavy atom. The summed E-state index contributed by atoms with van der Waals surface area (Å²) in [7, 11) is 0. The number of rotatable bonds is 6. The highest BCUT2D eigenvalue weighted by Gasteiger charge is 2.41. The lowest BCUT2D eigenvalue weighted by Crippen LogP contribution is -2.44. The molecule has 0 aliphatic rings. The Labute approximate surface area is 123 Å². The highest BCUT2D eigenvalue weighted by Crippen LogP contribution is 2.30. The minimum atomic E-state index is -1.82. The van der Waals surface area contributed by atoms with Crippen LogP contribution in [-0.2, 0) is 19.1 Å². The quantitative estimate of drug-likeness (QED) is 0.304. The summed E-state index contributed by atoms with van der Waals surface area (Å²) in [6.45, 7) is 9.78. The van der Waals surface area contributed by atoms with E-state index in [0.717, 1.165) is 0 Å². The van der Waals surface area contributed by atoms with Gasteiger partial charge >= 0.3 is 17.1 Å². The largest absolute Gasteiger partial charge is 0.408 e. The van der Waals surface area contributed by atoms with E-state index < -0.39 is 22.3 Å². The number of esters is 2. The topological polar surface area (TPSA) is 52.6 Å². The summed E-state index contributed by atoms with van der Waals surface area (Å²) < 4.78 is 9.98. The summed E-state index contributed by atoms with van der Waals surface area (Å²) in [6.07, 6.45) is 0. The monoisotopic (exact) mass is 308 g/mol. The maximum Gasteiger partial charge on any atom is 0.337 e. The third-order valence-corrected chi connectivity index (χ3v) is 3.64. The molecule has 0 aromatic heterocycles. The lowest BCUT2D eigenvalue weighted by Gasteiger charge is -2.31. The summed E-state index contributed by atoms with van der Waals surface area (Å²) in [5.41, 5.74) is 0.305.